The lowest BCUT2D eigenvalue weighted by Gasteiger charge is -2.43. The van der Waals surface area contributed by atoms with E-state index in [1.54, 1.807) is 6.20 Å². The fourth-order valence-corrected chi connectivity index (χ4v) is 5.38. The Bertz CT molecular complexity index is 1500. The first-order chi connectivity index (χ1) is 17.7. The van der Waals surface area contributed by atoms with E-state index in [0.717, 1.165) is 64.7 Å². The number of fused-ring (bicyclic) bond motifs is 5. The molecule has 2 aromatic heterocycles. The second-order valence-electron chi connectivity index (χ2n) is 10.6. The van der Waals surface area contributed by atoms with Crippen molar-refractivity contribution in [2.45, 2.75) is 51.2 Å². The molecule has 1 aliphatic carbocycles. The summed E-state index contributed by atoms with van der Waals surface area (Å²) in [7, 11) is 0. The van der Waals surface area contributed by atoms with Crippen molar-refractivity contribution in [3.8, 4) is 28.3 Å². The third kappa shape index (κ3) is 4.13. The summed E-state index contributed by atoms with van der Waals surface area (Å²) in [6.07, 6.45) is 4.17. The van der Waals surface area contributed by atoms with Crippen molar-refractivity contribution in [3.05, 3.63) is 77.6 Å². The average molecular weight is 514 g/mol. The zero-order valence-corrected chi connectivity index (χ0v) is 21.8. The van der Waals surface area contributed by atoms with Crippen molar-refractivity contribution in [1.82, 2.24) is 19.9 Å². The van der Waals surface area contributed by atoms with Gasteiger partial charge in [-0.1, -0.05) is 48.0 Å². The molecule has 3 heterocycles. The normalized spacial score (nSPS) is 15.2. The lowest BCUT2D eigenvalue weighted by Crippen LogP contribution is -2.52. The third-order valence-electron chi connectivity index (χ3n) is 6.94. The Morgan fingerprint density at radius 3 is 2.54 bits per heavy atom. The minimum atomic E-state index is -0.548. The molecule has 0 bridgehead atoms. The van der Waals surface area contributed by atoms with Crippen molar-refractivity contribution >= 4 is 29.2 Å². The molecule has 1 amide bonds. The Labute approximate surface area is 220 Å². The number of benzene rings is 2. The smallest absolute Gasteiger partial charge is 0.408 e. The first-order valence-electron chi connectivity index (χ1n) is 12.5. The highest BCUT2D eigenvalue weighted by molar-refractivity contribution is 6.32. The summed E-state index contributed by atoms with van der Waals surface area (Å²) in [5, 5.41) is 6.99. The van der Waals surface area contributed by atoms with E-state index in [0.29, 0.717) is 5.15 Å². The summed E-state index contributed by atoms with van der Waals surface area (Å²) in [5.41, 5.74) is 4.53. The molecule has 0 atom stereocenters. The highest BCUT2D eigenvalue weighted by atomic mass is 35.5. The standard InChI is InChI=1S/C29H28ClN5O2/c1-28(2,3)37-27(36)34-29(15-7-16-29)19-13-11-18(12-14-19)23-24(30)33-26-20-8-4-5-9-21(20)32-25-22(35(23)26)10-6-17-31-25/h4-6,8-14,17H,7,15-16H2,1-3H3,(H,31,32)(H,34,36). The van der Waals surface area contributed by atoms with Gasteiger partial charge < -0.3 is 15.4 Å². The topological polar surface area (TPSA) is 81.1 Å². The van der Waals surface area contributed by atoms with Crippen molar-refractivity contribution in [2.75, 3.05) is 5.32 Å². The zero-order chi connectivity index (χ0) is 25.8. The number of alkyl carbamates (subject to hydrolysis) is 1. The number of pyridine rings is 1. The van der Waals surface area contributed by atoms with Gasteiger partial charge in [0.2, 0.25) is 0 Å². The van der Waals surface area contributed by atoms with Crippen molar-refractivity contribution in [3.63, 3.8) is 0 Å². The van der Waals surface area contributed by atoms with Crippen molar-refractivity contribution < 1.29 is 9.53 Å². The van der Waals surface area contributed by atoms with Crippen LogP contribution < -0.4 is 10.6 Å². The van der Waals surface area contributed by atoms with E-state index in [1.807, 2.05) is 69.3 Å². The van der Waals surface area contributed by atoms with Gasteiger partial charge in [0.15, 0.2) is 11.0 Å². The lowest BCUT2D eigenvalue weighted by atomic mass is 9.72. The van der Waals surface area contributed by atoms with E-state index in [2.05, 4.69) is 32.3 Å². The van der Waals surface area contributed by atoms with Crippen LogP contribution in [0.25, 0.3) is 28.3 Å². The molecule has 8 heteroatoms. The molecule has 0 unspecified atom stereocenters. The molecular formula is C29H28ClN5O2. The minimum absolute atomic E-state index is 0.393. The van der Waals surface area contributed by atoms with Crippen LogP contribution in [0.1, 0.15) is 45.6 Å². The molecule has 2 N–H and O–H groups in total. The molecule has 4 aromatic rings. The summed E-state index contributed by atoms with van der Waals surface area (Å²) in [4.78, 5) is 21.9. The zero-order valence-electron chi connectivity index (χ0n) is 21.0. The Morgan fingerprint density at radius 1 is 1.08 bits per heavy atom. The van der Waals surface area contributed by atoms with Gasteiger partial charge in [-0.15, -0.1) is 0 Å². The molecule has 2 aliphatic rings. The Balaban J connectivity index is 1.41. The van der Waals surface area contributed by atoms with Crippen molar-refractivity contribution in [2.24, 2.45) is 0 Å². The molecule has 7 nitrogen and oxygen atoms in total. The summed E-state index contributed by atoms with van der Waals surface area (Å²) >= 11 is 6.81. The maximum absolute atomic E-state index is 12.6. The molecule has 0 spiro atoms. The van der Waals surface area contributed by atoms with Gasteiger partial charge in [0.25, 0.3) is 0 Å². The first kappa shape index (κ1) is 23.6. The number of anilines is 2. The van der Waals surface area contributed by atoms with Gasteiger partial charge in [-0.05, 0) is 69.9 Å². The highest BCUT2D eigenvalue weighted by Crippen LogP contribution is 2.45. The number of halogens is 1. The van der Waals surface area contributed by atoms with E-state index >= 15 is 0 Å². The van der Waals surface area contributed by atoms with Crippen molar-refractivity contribution in [1.29, 1.82) is 0 Å². The molecule has 6 rings (SSSR count). The molecule has 0 saturated heterocycles. The van der Waals surface area contributed by atoms with Gasteiger partial charge in [-0.2, -0.15) is 0 Å². The molecule has 1 fully saturated rings. The summed E-state index contributed by atoms with van der Waals surface area (Å²) < 4.78 is 7.60. The highest BCUT2D eigenvalue weighted by Gasteiger charge is 2.41. The van der Waals surface area contributed by atoms with Crippen LogP contribution in [0.5, 0.6) is 0 Å². The SMILES string of the molecule is CC(C)(C)OC(=O)NC1(c2ccc(-c3c(Cl)nc4n3-c3cccnc3Nc3ccccc3-4)cc2)CCC1. The van der Waals surface area contributed by atoms with Crippen LogP contribution in [-0.2, 0) is 10.3 Å². The number of rotatable bonds is 3. The average Bonchev–Trinajstić information content (AvgIpc) is 3.11. The molecule has 1 aliphatic heterocycles. The van der Waals surface area contributed by atoms with Gasteiger partial charge in [0.05, 0.1) is 22.6 Å². The minimum Gasteiger partial charge on any atom is -0.444 e. The van der Waals surface area contributed by atoms with Crippen LogP contribution in [-0.4, -0.2) is 26.2 Å². The van der Waals surface area contributed by atoms with Gasteiger partial charge in [-0.3, -0.25) is 4.57 Å². The summed E-state index contributed by atoms with van der Waals surface area (Å²) in [5.74, 6) is 1.48. The Hall–Kier alpha value is -3.84. The monoisotopic (exact) mass is 513 g/mol. The number of hydrogen-bond acceptors (Lipinski definition) is 5. The Morgan fingerprint density at radius 2 is 1.84 bits per heavy atom. The number of nitrogens with one attached hydrogen (secondary N) is 2. The number of hydrogen-bond donors (Lipinski definition) is 2. The number of amides is 1. The molecule has 2 aromatic carbocycles. The van der Waals surface area contributed by atoms with Crippen LogP contribution in [0.15, 0.2) is 66.9 Å². The number of carbonyl (C=O) groups is 1. The molecule has 0 radical (unpaired) electrons. The predicted octanol–water partition coefficient (Wildman–Crippen LogP) is 7.22. The molecule has 1 saturated carbocycles. The summed E-state index contributed by atoms with van der Waals surface area (Å²) in [6, 6.07) is 20.1. The molecule has 188 valence electrons. The van der Waals surface area contributed by atoms with Gasteiger partial charge in [-0.25, -0.2) is 14.8 Å². The number of aromatic nitrogens is 3. The van der Waals surface area contributed by atoms with E-state index in [-0.39, 0.29) is 0 Å². The maximum atomic E-state index is 12.6. The van der Waals surface area contributed by atoms with E-state index in [4.69, 9.17) is 21.3 Å². The quantitative estimate of drug-likeness (QED) is 0.266. The molecule has 37 heavy (non-hydrogen) atoms. The number of para-hydroxylation sites is 1. The van der Waals surface area contributed by atoms with Crippen LogP contribution in [0.4, 0.5) is 16.3 Å². The number of carbonyl (C=O) groups excluding carboxylic acids is 1. The van der Waals surface area contributed by atoms with E-state index in [1.165, 1.54) is 0 Å². The number of nitrogens with zero attached hydrogens (tertiary/aromatic N) is 3. The first-order valence-corrected chi connectivity index (χ1v) is 12.8. The van der Waals surface area contributed by atoms with E-state index < -0.39 is 17.2 Å². The second-order valence-corrected chi connectivity index (χ2v) is 10.9. The number of ether oxygens (including phenoxy) is 1. The second kappa shape index (κ2) is 8.63. The fourth-order valence-electron chi connectivity index (χ4n) is 5.11. The maximum Gasteiger partial charge on any atom is 0.408 e. The lowest BCUT2D eigenvalue weighted by molar-refractivity contribution is 0.0377. The van der Waals surface area contributed by atoms with Gasteiger partial charge in [0.1, 0.15) is 11.4 Å². The number of imidazole rings is 1. The van der Waals surface area contributed by atoms with Crippen LogP contribution in [0.3, 0.4) is 0 Å². The third-order valence-corrected chi connectivity index (χ3v) is 7.21. The predicted molar refractivity (Wildman–Crippen MR) is 145 cm³/mol. The van der Waals surface area contributed by atoms with Gasteiger partial charge in [0, 0.05) is 17.3 Å². The Kier molecular flexibility index (Phi) is 5.49. The molecular weight excluding hydrogens is 486 g/mol. The van der Waals surface area contributed by atoms with Crippen LogP contribution in [0, 0.1) is 0 Å². The van der Waals surface area contributed by atoms with Gasteiger partial charge >= 0.3 is 6.09 Å². The summed E-state index contributed by atoms with van der Waals surface area (Å²) in [6.45, 7) is 5.61. The van der Waals surface area contributed by atoms with Crippen LogP contribution >= 0.6 is 11.6 Å². The fraction of sp³-hybridized carbons (Fsp3) is 0.276. The van der Waals surface area contributed by atoms with E-state index in [9.17, 15) is 4.79 Å². The van der Waals surface area contributed by atoms with Crippen LogP contribution in [0.2, 0.25) is 5.15 Å². The largest absolute Gasteiger partial charge is 0.444 e.